The van der Waals surface area contributed by atoms with E-state index in [1.54, 1.807) is 6.92 Å². The molecule has 0 unspecified atom stereocenters. The van der Waals surface area contributed by atoms with Gasteiger partial charge in [-0.3, -0.25) is 9.89 Å². The van der Waals surface area contributed by atoms with Crippen LogP contribution in [-0.2, 0) is 16.3 Å². The Morgan fingerprint density at radius 3 is 2.59 bits per heavy atom. The largest absolute Gasteiger partial charge is 0.351 e. The minimum atomic E-state index is -3.19. The summed E-state index contributed by atoms with van der Waals surface area (Å²) in [7, 11) is -3.19. The second kappa shape index (κ2) is 7.22. The van der Waals surface area contributed by atoms with Crippen LogP contribution in [-0.4, -0.2) is 42.6 Å². The van der Waals surface area contributed by atoms with E-state index in [1.807, 2.05) is 30.3 Å². The van der Waals surface area contributed by atoms with Gasteiger partial charge in [0.15, 0.2) is 9.84 Å². The molecule has 2 aromatic rings. The van der Waals surface area contributed by atoms with E-state index in [1.165, 1.54) is 6.20 Å². The number of carbonyl (C=O) groups is 1. The summed E-state index contributed by atoms with van der Waals surface area (Å²) >= 11 is 0. The van der Waals surface area contributed by atoms with Crippen LogP contribution >= 0.6 is 0 Å². The summed E-state index contributed by atoms with van der Waals surface area (Å²) in [5.74, 6) is -0.301. The summed E-state index contributed by atoms with van der Waals surface area (Å²) in [5, 5.41) is 9.03. The van der Waals surface area contributed by atoms with Gasteiger partial charge in [-0.1, -0.05) is 30.3 Å². The molecule has 0 fully saturated rings. The molecule has 7 heteroatoms. The van der Waals surface area contributed by atoms with Crippen LogP contribution in [0.2, 0.25) is 0 Å². The molecule has 6 nitrogen and oxygen atoms in total. The summed E-state index contributed by atoms with van der Waals surface area (Å²) in [6.07, 6.45) is 1.91. The van der Waals surface area contributed by atoms with Gasteiger partial charge in [-0.2, -0.15) is 5.10 Å². The molecule has 0 aliphatic carbocycles. The Bertz CT molecular complexity index is 724. The van der Waals surface area contributed by atoms with Crippen molar-refractivity contribution in [1.29, 1.82) is 0 Å². The average Bonchev–Trinajstić information content (AvgIpc) is 2.92. The molecule has 22 heavy (non-hydrogen) atoms. The molecule has 1 amide bonds. The quantitative estimate of drug-likeness (QED) is 0.799. The summed E-state index contributed by atoms with van der Waals surface area (Å²) in [6.45, 7) is 1.83. The van der Waals surface area contributed by atoms with E-state index in [0.717, 1.165) is 5.56 Å². The van der Waals surface area contributed by atoms with Crippen molar-refractivity contribution < 1.29 is 13.2 Å². The van der Waals surface area contributed by atoms with E-state index < -0.39 is 9.84 Å². The first-order valence-electron chi connectivity index (χ1n) is 7.00. The predicted octanol–water partition coefficient (Wildman–Crippen LogP) is 1.11. The Morgan fingerprint density at radius 1 is 1.23 bits per heavy atom. The molecule has 0 saturated carbocycles. The molecular formula is C15H19N3O3S. The molecule has 0 saturated heterocycles. The van der Waals surface area contributed by atoms with Crippen molar-refractivity contribution in [3.05, 3.63) is 53.3 Å². The van der Waals surface area contributed by atoms with E-state index in [9.17, 15) is 13.2 Å². The number of hydrogen-bond donors (Lipinski definition) is 2. The molecule has 1 heterocycles. The average molecular weight is 321 g/mol. The maximum atomic E-state index is 12.0. The maximum absolute atomic E-state index is 12.0. The molecule has 0 aliphatic heterocycles. The minimum absolute atomic E-state index is 0.0670. The predicted molar refractivity (Wildman–Crippen MR) is 84.5 cm³/mol. The van der Waals surface area contributed by atoms with Gasteiger partial charge in [0.05, 0.1) is 23.3 Å². The van der Waals surface area contributed by atoms with Crippen LogP contribution in [0.4, 0.5) is 0 Å². The molecule has 0 bridgehead atoms. The van der Waals surface area contributed by atoms with Crippen LogP contribution in [0.5, 0.6) is 0 Å². The van der Waals surface area contributed by atoms with Crippen molar-refractivity contribution in [2.45, 2.75) is 13.3 Å². The zero-order valence-corrected chi connectivity index (χ0v) is 13.2. The smallest absolute Gasteiger partial charge is 0.254 e. The van der Waals surface area contributed by atoms with E-state index in [0.29, 0.717) is 17.7 Å². The van der Waals surface area contributed by atoms with Crippen molar-refractivity contribution in [3.63, 3.8) is 0 Å². The number of H-pyrrole nitrogens is 1. The van der Waals surface area contributed by atoms with Gasteiger partial charge in [-0.05, 0) is 18.9 Å². The molecule has 118 valence electrons. The lowest BCUT2D eigenvalue weighted by molar-refractivity contribution is 0.0955. The first-order chi connectivity index (χ1) is 10.5. The van der Waals surface area contributed by atoms with Crippen molar-refractivity contribution in [2.75, 3.05) is 18.1 Å². The number of aromatic amines is 1. The Morgan fingerprint density at radius 2 is 1.95 bits per heavy atom. The second-order valence-corrected chi connectivity index (χ2v) is 7.36. The van der Waals surface area contributed by atoms with Gasteiger partial charge < -0.3 is 5.32 Å². The topological polar surface area (TPSA) is 91.9 Å². The molecule has 1 aromatic carbocycles. The van der Waals surface area contributed by atoms with Crippen molar-refractivity contribution in [3.8, 4) is 0 Å². The number of benzene rings is 1. The number of aryl methyl sites for hydroxylation is 2. The van der Waals surface area contributed by atoms with E-state index in [-0.39, 0.29) is 24.0 Å². The van der Waals surface area contributed by atoms with Crippen molar-refractivity contribution in [2.24, 2.45) is 0 Å². The SMILES string of the molecule is Cc1[nH]ncc1C(=O)NCCS(=O)(=O)CCc1ccccc1. The van der Waals surface area contributed by atoms with Crippen LogP contribution in [0.1, 0.15) is 21.6 Å². The lowest BCUT2D eigenvalue weighted by Crippen LogP contribution is -2.30. The highest BCUT2D eigenvalue weighted by Crippen LogP contribution is 2.04. The zero-order chi connectivity index (χ0) is 16.0. The molecule has 1 aromatic heterocycles. The fraction of sp³-hybridized carbons (Fsp3) is 0.333. The van der Waals surface area contributed by atoms with Gasteiger partial charge in [-0.25, -0.2) is 8.42 Å². The highest BCUT2D eigenvalue weighted by Gasteiger charge is 2.14. The van der Waals surface area contributed by atoms with Gasteiger partial charge in [0.2, 0.25) is 0 Å². The fourth-order valence-electron chi connectivity index (χ4n) is 2.02. The van der Waals surface area contributed by atoms with Gasteiger partial charge >= 0.3 is 0 Å². The Labute approximate surface area is 129 Å². The first-order valence-corrected chi connectivity index (χ1v) is 8.82. The van der Waals surface area contributed by atoms with Crippen LogP contribution in [0, 0.1) is 6.92 Å². The highest BCUT2D eigenvalue weighted by atomic mass is 32.2. The van der Waals surface area contributed by atoms with Crippen LogP contribution in [0.25, 0.3) is 0 Å². The number of aromatic nitrogens is 2. The Kier molecular flexibility index (Phi) is 5.32. The number of hydrogen-bond acceptors (Lipinski definition) is 4. The molecular weight excluding hydrogens is 302 g/mol. The van der Waals surface area contributed by atoms with Gasteiger partial charge in [-0.15, -0.1) is 0 Å². The maximum Gasteiger partial charge on any atom is 0.254 e. The van der Waals surface area contributed by atoms with Gasteiger partial charge in [0.25, 0.3) is 5.91 Å². The number of rotatable bonds is 7. The monoisotopic (exact) mass is 321 g/mol. The standard InChI is InChI=1S/C15H19N3O3S/c1-12-14(11-17-18-12)15(19)16-8-10-22(20,21)9-7-13-5-3-2-4-6-13/h2-6,11H,7-10H2,1H3,(H,16,19)(H,17,18). The summed E-state index contributed by atoms with van der Waals surface area (Å²) in [6, 6.07) is 9.47. The van der Waals surface area contributed by atoms with Gasteiger partial charge in [0.1, 0.15) is 0 Å². The number of sulfone groups is 1. The zero-order valence-electron chi connectivity index (χ0n) is 12.4. The van der Waals surface area contributed by atoms with Crippen molar-refractivity contribution >= 4 is 15.7 Å². The molecule has 0 radical (unpaired) electrons. The molecule has 2 N–H and O–H groups in total. The van der Waals surface area contributed by atoms with Crippen molar-refractivity contribution in [1.82, 2.24) is 15.5 Å². The first kappa shape index (κ1) is 16.2. The number of nitrogens with zero attached hydrogens (tertiary/aromatic N) is 1. The second-order valence-electron chi connectivity index (χ2n) is 5.05. The summed E-state index contributed by atoms with van der Waals surface area (Å²) in [4.78, 5) is 11.8. The highest BCUT2D eigenvalue weighted by molar-refractivity contribution is 7.91. The van der Waals surface area contributed by atoms with E-state index >= 15 is 0 Å². The Hall–Kier alpha value is -2.15. The minimum Gasteiger partial charge on any atom is -0.351 e. The lowest BCUT2D eigenvalue weighted by atomic mass is 10.2. The lowest BCUT2D eigenvalue weighted by Gasteiger charge is -2.06. The Balaban J connectivity index is 1.78. The number of carbonyl (C=O) groups excluding carboxylic acids is 1. The summed E-state index contributed by atoms with van der Waals surface area (Å²) < 4.78 is 23.9. The molecule has 0 aliphatic rings. The number of nitrogens with one attached hydrogen (secondary N) is 2. The molecule has 2 rings (SSSR count). The third-order valence-corrected chi connectivity index (χ3v) is 4.97. The normalized spacial score (nSPS) is 11.3. The van der Waals surface area contributed by atoms with E-state index in [4.69, 9.17) is 0 Å². The fourth-order valence-corrected chi connectivity index (χ4v) is 3.18. The summed E-state index contributed by atoms with van der Waals surface area (Å²) in [5.41, 5.74) is 2.08. The van der Waals surface area contributed by atoms with Crippen LogP contribution in [0.15, 0.2) is 36.5 Å². The van der Waals surface area contributed by atoms with Crippen LogP contribution < -0.4 is 5.32 Å². The third kappa shape index (κ3) is 4.70. The van der Waals surface area contributed by atoms with E-state index in [2.05, 4.69) is 15.5 Å². The molecule has 0 atom stereocenters. The van der Waals surface area contributed by atoms with Gasteiger partial charge in [0, 0.05) is 12.2 Å². The molecule has 0 spiro atoms. The number of amides is 1. The van der Waals surface area contributed by atoms with Crippen LogP contribution in [0.3, 0.4) is 0 Å². The third-order valence-electron chi connectivity index (χ3n) is 3.32.